The van der Waals surface area contributed by atoms with Crippen molar-refractivity contribution in [3.8, 4) is 17.2 Å². The Morgan fingerprint density at radius 2 is 1.83 bits per heavy atom. The fourth-order valence-corrected chi connectivity index (χ4v) is 2.67. The average molecular weight is 441 g/mol. The van der Waals surface area contributed by atoms with Crippen molar-refractivity contribution in [3.63, 3.8) is 0 Å². The highest BCUT2D eigenvalue weighted by atomic mass is 127. The van der Waals surface area contributed by atoms with E-state index in [0.29, 0.717) is 23.8 Å². The van der Waals surface area contributed by atoms with E-state index in [2.05, 4.69) is 22.6 Å². The lowest BCUT2D eigenvalue weighted by atomic mass is 10.2. The quantitative estimate of drug-likeness (QED) is 0.619. The molecule has 0 aliphatic rings. The lowest BCUT2D eigenvalue weighted by Crippen LogP contribution is -2.30. The van der Waals surface area contributed by atoms with Crippen LogP contribution in [-0.2, 0) is 11.3 Å². The van der Waals surface area contributed by atoms with Gasteiger partial charge in [-0.1, -0.05) is 12.1 Å². The molecule has 0 N–H and O–H groups in total. The molecule has 0 atom stereocenters. The van der Waals surface area contributed by atoms with Gasteiger partial charge in [0.25, 0.3) is 5.91 Å². The third kappa shape index (κ3) is 5.02. The van der Waals surface area contributed by atoms with Crippen LogP contribution in [0.2, 0.25) is 0 Å². The van der Waals surface area contributed by atoms with Gasteiger partial charge < -0.3 is 19.1 Å². The van der Waals surface area contributed by atoms with Crippen molar-refractivity contribution < 1.29 is 19.0 Å². The number of halogens is 1. The van der Waals surface area contributed by atoms with Crippen LogP contribution < -0.4 is 14.2 Å². The number of carbonyl (C=O) groups excluding carboxylic acids is 1. The first-order valence-corrected chi connectivity index (χ1v) is 8.44. The molecule has 2 aromatic rings. The van der Waals surface area contributed by atoms with Crippen molar-refractivity contribution in [1.29, 1.82) is 0 Å². The number of benzene rings is 2. The summed E-state index contributed by atoms with van der Waals surface area (Å²) in [5, 5.41) is 0. The van der Waals surface area contributed by atoms with Crippen molar-refractivity contribution in [3.05, 3.63) is 51.6 Å². The maximum Gasteiger partial charge on any atom is 0.260 e. The van der Waals surface area contributed by atoms with Crippen molar-refractivity contribution in [2.24, 2.45) is 0 Å². The summed E-state index contributed by atoms with van der Waals surface area (Å²) in [4.78, 5) is 13.8. The minimum absolute atomic E-state index is 0.00385. The van der Waals surface area contributed by atoms with Gasteiger partial charge in [-0.05, 0) is 58.5 Å². The van der Waals surface area contributed by atoms with Crippen LogP contribution in [0.5, 0.6) is 17.2 Å². The highest BCUT2D eigenvalue weighted by molar-refractivity contribution is 14.1. The van der Waals surface area contributed by atoms with E-state index in [1.165, 1.54) is 0 Å². The molecule has 0 unspecified atom stereocenters. The largest absolute Gasteiger partial charge is 0.493 e. The standard InChI is InChI=1S/C18H20INO4/c1-20(11-13-7-8-16(22-2)17(9-13)23-3)18(21)12-24-15-6-4-5-14(19)10-15/h4-10H,11-12H2,1-3H3. The van der Waals surface area contributed by atoms with Gasteiger partial charge in [0.15, 0.2) is 18.1 Å². The second-order valence-electron chi connectivity index (χ2n) is 5.19. The summed E-state index contributed by atoms with van der Waals surface area (Å²) in [6.07, 6.45) is 0. The Morgan fingerprint density at radius 3 is 2.50 bits per heavy atom. The van der Waals surface area contributed by atoms with Crippen molar-refractivity contribution in [2.45, 2.75) is 6.54 Å². The van der Waals surface area contributed by atoms with E-state index in [0.717, 1.165) is 9.13 Å². The maximum absolute atomic E-state index is 12.2. The monoisotopic (exact) mass is 441 g/mol. The number of hydrogen-bond acceptors (Lipinski definition) is 4. The van der Waals surface area contributed by atoms with Crippen LogP contribution in [-0.4, -0.2) is 38.7 Å². The highest BCUT2D eigenvalue weighted by Crippen LogP contribution is 2.27. The molecular weight excluding hydrogens is 421 g/mol. The highest BCUT2D eigenvalue weighted by Gasteiger charge is 2.12. The predicted molar refractivity (Wildman–Crippen MR) is 101 cm³/mol. The van der Waals surface area contributed by atoms with Gasteiger partial charge in [0.2, 0.25) is 0 Å². The number of hydrogen-bond donors (Lipinski definition) is 0. The van der Waals surface area contributed by atoms with E-state index in [4.69, 9.17) is 14.2 Å². The van der Waals surface area contributed by atoms with Gasteiger partial charge in [-0.15, -0.1) is 0 Å². The molecule has 0 heterocycles. The maximum atomic E-state index is 12.2. The molecule has 2 aromatic carbocycles. The smallest absolute Gasteiger partial charge is 0.260 e. The third-order valence-electron chi connectivity index (χ3n) is 3.45. The van der Waals surface area contributed by atoms with Gasteiger partial charge in [0, 0.05) is 17.2 Å². The molecule has 0 aliphatic carbocycles. The Hall–Kier alpha value is -1.96. The van der Waals surface area contributed by atoms with Crippen LogP contribution in [0.15, 0.2) is 42.5 Å². The van der Waals surface area contributed by atoms with Crippen LogP contribution in [0.25, 0.3) is 0 Å². The summed E-state index contributed by atoms with van der Waals surface area (Å²) in [6.45, 7) is 0.471. The molecule has 0 aromatic heterocycles. The van der Waals surface area contributed by atoms with Gasteiger partial charge in [-0.3, -0.25) is 4.79 Å². The van der Waals surface area contributed by atoms with Gasteiger partial charge in [0.05, 0.1) is 14.2 Å². The SMILES string of the molecule is COc1ccc(CN(C)C(=O)COc2cccc(I)c2)cc1OC. The van der Waals surface area contributed by atoms with Crippen molar-refractivity contribution >= 4 is 28.5 Å². The molecule has 0 aliphatic heterocycles. The lowest BCUT2D eigenvalue weighted by Gasteiger charge is -2.18. The number of rotatable bonds is 7. The molecule has 24 heavy (non-hydrogen) atoms. The fraction of sp³-hybridized carbons (Fsp3) is 0.278. The van der Waals surface area contributed by atoms with Crippen LogP contribution in [0.1, 0.15) is 5.56 Å². The van der Waals surface area contributed by atoms with Crippen molar-refractivity contribution in [1.82, 2.24) is 4.90 Å². The minimum atomic E-state index is -0.0938. The molecule has 0 saturated carbocycles. The topological polar surface area (TPSA) is 48.0 Å². The number of nitrogens with zero attached hydrogens (tertiary/aromatic N) is 1. The van der Waals surface area contributed by atoms with E-state index >= 15 is 0 Å². The first kappa shape index (κ1) is 18.4. The summed E-state index contributed by atoms with van der Waals surface area (Å²) >= 11 is 2.21. The third-order valence-corrected chi connectivity index (χ3v) is 4.12. The molecule has 0 radical (unpaired) electrons. The van der Waals surface area contributed by atoms with E-state index < -0.39 is 0 Å². The van der Waals surface area contributed by atoms with E-state index in [-0.39, 0.29) is 12.5 Å². The Balaban J connectivity index is 1.93. The molecule has 0 spiro atoms. The average Bonchev–Trinajstić information content (AvgIpc) is 2.59. The first-order valence-electron chi connectivity index (χ1n) is 7.36. The predicted octanol–water partition coefficient (Wildman–Crippen LogP) is 3.35. The molecule has 0 bridgehead atoms. The molecule has 2 rings (SSSR count). The Bertz CT molecular complexity index is 705. The van der Waals surface area contributed by atoms with E-state index in [1.54, 1.807) is 26.2 Å². The van der Waals surface area contributed by atoms with Crippen molar-refractivity contribution in [2.75, 3.05) is 27.9 Å². The summed E-state index contributed by atoms with van der Waals surface area (Å²) in [7, 11) is 4.93. The summed E-state index contributed by atoms with van der Waals surface area (Å²) < 4.78 is 17.1. The second-order valence-corrected chi connectivity index (χ2v) is 6.43. The van der Waals surface area contributed by atoms with Crippen LogP contribution in [0, 0.1) is 3.57 Å². The zero-order valence-corrected chi connectivity index (χ0v) is 16.1. The molecule has 0 saturated heterocycles. The molecule has 5 nitrogen and oxygen atoms in total. The number of amides is 1. The zero-order valence-electron chi connectivity index (χ0n) is 13.9. The van der Waals surface area contributed by atoms with Gasteiger partial charge >= 0.3 is 0 Å². The Kier molecular flexibility index (Phi) is 6.72. The summed E-state index contributed by atoms with van der Waals surface area (Å²) in [6, 6.07) is 13.2. The number of likely N-dealkylation sites (N-methyl/N-ethyl adjacent to an activating group) is 1. The molecule has 128 valence electrons. The lowest BCUT2D eigenvalue weighted by molar-refractivity contribution is -0.132. The number of ether oxygens (including phenoxy) is 3. The Labute approximate surface area is 155 Å². The Morgan fingerprint density at radius 1 is 1.08 bits per heavy atom. The number of methoxy groups -OCH3 is 2. The van der Waals surface area contributed by atoms with Gasteiger partial charge in [0.1, 0.15) is 5.75 Å². The minimum Gasteiger partial charge on any atom is -0.493 e. The number of carbonyl (C=O) groups is 1. The zero-order chi connectivity index (χ0) is 17.5. The molecular formula is C18H20INO4. The summed E-state index contributed by atoms with van der Waals surface area (Å²) in [5.74, 6) is 1.90. The van der Waals surface area contributed by atoms with Gasteiger partial charge in [-0.2, -0.15) is 0 Å². The molecule has 0 fully saturated rings. The van der Waals surface area contributed by atoms with E-state index in [9.17, 15) is 4.79 Å². The van der Waals surface area contributed by atoms with Crippen LogP contribution >= 0.6 is 22.6 Å². The van der Waals surface area contributed by atoms with Crippen LogP contribution in [0.3, 0.4) is 0 Å². The normalized spacial score (nSPS) is 10.2. The second kappa shape index (κ2) is 8.77. The molecule has 6 heteroatoms. The van der Waals surface area contributed by atoms with Crippen LogP contribution in [0.4, 0.5) is 0 Å². The van der Waals surface area contributed by atoms with Gasteiger partial charge in [-0.25, -0.2) is 0 Å². The molecule has 1 amide bonds. The fourth-order valence-electron chi connectivity index (χ4n) is 2.15. The summed E-state index contributed by atoms with van der Waals surface area (Å²) in [5.41, 5.74) is 0.956. The first-order chi connectivity index (χ1) is 11.5. The van der Waals surface area contributed by atoms with E-state index in [1.807, 2.05) is 42.5 Å².